The van der Waals surface area contributed by atoms with Gasteiger partial charge in [-0.25, -0.2) is 9.07 Å². The first kappa shape index (κ1) is 21.9. The first-order valence-corrected chi connectivity index (χ1v) is 9.63. The van der Waals surface area contributed by atoms with E-state index in [2.05, 4.69) is 15.5 Å². The molecule has 3 N–H and O–H groups in total. The number of amides is 1. The van der Waals surface area contributed by atoms with Crippen LogP contribution in [0, 0.1) is 5.82 Å². The summed E-state index contributed by atoms with van der Waals surface area (Å²) in [5.41, 5.74) is -1.37. The lowest BCUT2D eigenvalue weighted by atomic mass is 10.1. The third kappa shape index (κ3) is 4.68. The number of thioether (sulfide) groups is 1. The Morgan fingerprint density at radius 3 is 2.60 bits per heavy atom. The fourth-order valence-corrected chi connectivity index (χ4v) is 3.43. The molecule has 1 aromatic heterocycles. The van der Waals surface area contributed by atoms with Gasteiger partial charge in [0, 0.05) is 5.02 Å². The van der Waals surface area contributed by atoms with Gasteiger partial charge in [0.2, 0.25) is 11.1 Å². The van der Waals surface area contributed by atoms with Crippen molar-refractivity contribution in [3.05, 3.63) is 58.9 Å². The first-order valence-electron chi connectivity index (χ1n) is 8.37. The zero-order valence-electron chi connectivity index (χ0n) is 15.2. The van der Waals surface area contributed by atoms with Gasteiger partial charge < -0.3 is 11.2 Å². The van der Waals surface area contributed by atoms with Crippen LogP contribution in [0.4, 0.5) is 23.2 Å². The summed E-state index contributed by atoms with van der Waals surface area (Å²) in [6.07, 6.45) is -4.70. The molecule has 1 amide bonds. The number of nitrogen functional groups attached to an aromatic ring is 1. The van der Waals surface area contributed by atoms with E-state index in [1.54, 1.807) is 6.07 Å². The van der Waals surface area contributed by atoms with Gasteiger partial charge in [-0.05, 0) is 37.3 Å². The van der Waals surface area contributed by atoms with E-state index in [0.717, 1.165) is 28.6 Å². The maximum absolute atomic E-state index is 14.0. The van der Waals surface area contributed by atoms with Gasteiger partial charge in [-0.2, -0.15) is 13.2 Å². The van der Waals surface area contributed by atoms with Gasteiger partial charge in [0.25, 0.3) is 0 Å². The summed E-state index contributed by atoms with van der Waals surface area (Å²) in [7, 11) is 0. The second-order valence-electron chi connectivity index (χ2n) is 6.09. The third-order valence-electron chi connectivity index (χ3n) is 3.98. The van der Waals surface area contributed by atoms with Gasteiger partial charge in [0.15, 0.2) is 5.82 Å². The van der Waals surface area contributed by atoms with Crippen LogP contribution in [0.25, 0.3) is 11.4 Å². The number of nitrogens with one attached hydrogen (secondary N) is 1. The molecule has 0 fully saturated rings. The maximum Gasteiger partial charge on any atom is 0.418 e. The van der Waals surface area contributed by atoms with Crippen LogP contribution in [0.1, 0.15) is 12.5 Å². The lowest BCUT2D eigenvalue weighted by molar-refractivity contribution is -0.137. The number of benzene rings is 2. The van der Waals surface area contributed by atoms with Crippen molar-refractivity contribution in [2.45, 2.75) is 23.5 Å². The van der Waals surface area contributed by atoms with Crippen LogP contribution >= 0.6 is 23.4 Å². The Balaban J connectivity index is 1.77. The quantitative estimate of drug-likeness (QED) is 0.331. The summed E-state index contributed by atoms with van der Waals surface area (Å²) in [6.45, 7) is 1.46. The van der Waals surface area contributed by atoms with Crippen molar-refractivity contribution in [1.82, 2.24) is 14.9 Å². The molecule has 6 nitrogen and oxygen atoms in total. The second kappa shape index (κ2) is 8.52. The van der Waals surface area contributed by atoms with E-state index in [-0.39, 0.29) is 21.6 Å². The highest BCUT2D eigenvalue weighted by Crippen LogP contribution is 2.37. The molecule has 30 heavy (non-hydrogen) atoms. The molecular weight excluding hydrogens is 446 g/mol. The molecule has 0 aliphatic heterocycles. The summed E-state index contributed by atoms with van der Waals surface area (Å²) in [6, 6.07) is 8.84. The molecule has 158 valence electrons. The van der Waals surface area contributed by atoms with Crippen molar-refractivity contribution in [2.24, 2.45) is 0 Å². The number of aromatic nitrogens is 3. The number of alkyl halides is 3. The largest absolute Gasteiger partial charge is 0.418 e. The Hall–Kier alpha value is -2.79. The molecule has 0 radical (unpaired) electrons. The number of nitrogens with two attached hydrogens (primary N) is 1. The molecule has 0 spiro atoms. The zero-order chi connectivity index (χ0) is 22.1. The van der Waals surface area contributed by atoms with Crippen LogP contribution in [0.3, 0.4) is 0 Å². The normalized spacial score (nSPS) is 12.6. The van der Waals surface area contributed by atoms with E-state index in [1.807, 2.05) is 0 Å². The predicted molar refractivity (Wildman–Crippen MR) is 106 cm³/mol. The highest BCUT2D eigenvalue weighted by atomic mass is 35.5. The molecule has 12 heteroatoms. The van der Waals surface area contributed by atoms with Crippen LogP contribution in [0.5, 0.6) is 0 Å². The standard InChI is InChI=1S/C18H14ClF4N5OS/c1-9(16(29)25-14-7-6-10(19)8-12(14)18(21,22)23)30-17-27-26-15(28(17)24)11-4-2-3-5-13(11)20/h2-9H,24H2,1H3,(H,25,29). The van der Waals surface area contributed by atoms with E-state index >= 15 is 0 Å². The van der Waals surface area contributed by atoms with Gasteiger partial charge in [-0.3, -0.25) is 4.79 Å². The van der Waals surface area contributed by atoms with E-state index < -0.39 is 34.4 Å². The van der Waals surface area contributed by atoms with Crippen LogP contribution in [0.2, 0.25) is 5.02 Å². The van der Waals surface area contributed by atoms with Gasteiger partial charge in [0.05, 0.1) is 22.1 Å². The van der Waals surface area contributed by atoms with Crippen molar-refractivity contribution < 1.29 is 22.4 Å². The second-order valence-corrected chi connectivity index (χ2v) is 7.84. The maximum atomic E-state index is 14.0. The van der Waals surface area contributed by atoms with E-state index in [4.69, 9.17) is 17.4 Å². The molecule has 2 aromatic carbocycles. The van der Waals surface area contributed by atoms with E-state index in [0.29, 0.717) is 0 Å². The predicted octanol–water partition coefficient (Wildman–Crippen LogP) is 4.59. The number of carbonyl (C=O) groups is 1. The molecule has 3 aromatic rings. The summed E-state index contributed by atoms with van der Waals surface area (Å²) < 4.78 is 54.5. The average Bonchev–Trinajstić information content (AvgIpc) is 3.03. The van der Waals surface area contributed by atoms with Crippen molar-refractivity contribution in [3.63, 3.8) is 0 Å². The van der Waals surface area contributed by atoms with Gasteiger partial charge in [-0.15, -0.1) is 10.2 Å². The highest BCUT2D eigenvalue weighted by Gasteiger charge is 2.34. The number of nitrogens with zero attached hydrogens (tertiary/aromatic N) is 3. The Morgan fingerprint density at radius 2 is 1.93 bits per heavy atom. The third-order valence-corrected chi connectivity index (χ3v) is 5.27. The molecule has 1 heterocycles. The Labute approximate surface area is 177 Å². The molecule has 0 saturated carbocycles. The van der Waals surface area contributed by atoms with Crippen LogP contribution < -0.4 is 11.2 Å². The fourth-order valence-electron chi connectivity index (χ4n) is 2.49. The van der Waals surface area contributed by atoms with Gasteiger partial charge in [0.1, 0.15) is 5.82 Å². The van der Waals surface area contributed by atoms with Crippen LogP contribution in [-0.2, 0) is 11.0 Å². The average molecular weight is 460 g/mol. The lowest BCUT2D eigenvalue weighted by Crippen LogP contribution is -2.25. The van der Waals surface area contributed by atoms with Crippen LogP contribution in [-0.4, -0.2) is 26.0 Å². The Bertz CT molecular complexity index is 1090. The van der Waals surface area contributed by atoms with Crippen molar-refractivity contribution in [1.29, 1.82) is 0 Å². The first-order chi connectivity index (χ1) is 14.1. The molecular formula is C18H14ClF4N5OS. The minimum Gasteiger partial charge on any atom is -0.335 e. The van der Waals surface area contributed by atoms with Gasteiger partial charge >= 0.3 is 6.18 Å². The van der Waals surface area contributed by atoms with Crippen molar-refractivity contribution in [3.8, 4) is 11.4 Å². The number of hydrogen-bond donors (Lipinski definition) is 2. The topological polar surface area (TPSA) is 85.8 Å². The molecule has 3 rings (SSSR count). The fraction of sp³-hybridized carbons (Fsp3) is 0.167. The molecule has 1 unspecified atom stereocenters. The number of hydrogen-bond acceptors (Lipinski definition) is 5. The monoisotopic (exact) mass is 459 g/mol. The van der Waals surface area contributed by atoms with Crippen molar-refractivity contribution in [2.75, 3.05) is 11.2 Å². The van der Waals surface area contributed by atoms with E-state index in [9.17, 15) is 22.4 Å². The van der Waals surface area contributed by atoms with Gasteiger partial charge in [-0.1, -0.05) is 35.5 Å². The Kier molecular flexibility index (Phi) is 6.22. The minimum absolute atomic E-state index is 0.0419. The van der Waals surface area contributed by atoms with Crippen molar-refractivity contribution >= 4 is 35.0 Å². The number of anilines is 1. The molecule has 0 bridgehead atoms. The molecule has 0 aliphatic rings. The SMILES string of the molecule is CC(Sc1nnc(-c2ccccc2F)n1N)C(=O)Nc1ccc(Cl)cc1C(F)(F)F. The Morgan fingerprint density at radius 1 is 1.23 bits per heavy atom. The molecule has 1 atom stereocenters. The molecule has 0 aliphatic carbocycles. The number of rotatable bonds is 5. The highest BCUT2D eigenvalue weighted by molar-refractivity contribution is 8.00. The van der Waals surface area contributed by atoms with E-state index in [1.165, 1.54) is 31.2 Å². The van der Waals surface area contributed by atoms with Crippen LogP contribution in [0.15, 0.2) is 47.6 Å². The molecule has 0 saturated heterocycles. The minimum atomic E-state index is -4.70. The number of carbonyl (C=O) groups excluding carboxylic acids is 1. The lowest BCUT2D eigenvalue weighted by Gasteiger charge is -2.16. The summed E-state index contributed by atoms with van der Waals surface area (Å²) in [5.74, 6) is 4.68. The smallest absolute Gasteiger partial charge is 0.335 e. The zero-order valence-corrected chi connectivity index (χ0v) is 16.8. The summed E-state index contributed by atoms with van der Waals surface area (Å²) in [4.78, 5) is 12.4. The number of halogens is 5. The summed E-state index contributed by atoms with van der Waals surface area (Å²) in [5, 5.41) is 8.99. The summed E-state index contributed by atoms with van der Waals surface area (Å²) >= 11 is 6.49.